The summed E-state index contributed by atoms with van der Waals surface area (Å²) in [6.45, 7) is 7.27. The van der Waals surface area contributed by atoms with Crippen LogP contribution in [0.1, 0.15) is 64.7 Å². The Morgan fingerprint density at radius 1 is 1.00 bits per heavy atom. The molecule has 2 aliphatic rings. The molecular weight excluding hydrogens is 220 g/mol. The van der Waals surface area contributed by atoms with Gasteiger partial charge in [0.1, 0.15) is 0 Å². The van der Waals surface area contributed by atoms with Gasteiger partial charge in [-0.25, -0.2) is 0 Å². The summed E-state index contributed by atoms with van der Waals surface area (Å²) in [6, 6.07) is 0.960. The van der Waals surface area contributed by atoms with Crippen LogP contribution in [0.4, 0.5) is 0 Å². The Morgan fingerprint density at radius 3 is 2.61 bits per heavy atom. The summed E-state index contributed by atoms with van der Waals surface area (Å²) >= 11 is 0. The molecule has 0 radical (unpaired) electrons. The highest BCUT2D eigenvalue weighted by molar-refractivity contribution is 4.87. The summed E-state index contributed by atoms with van der Waals surface area (Å²) in [4.78, 5) is 2.82. The van der Waals surface area contributed by atoms with E-state index in [1.165, 1.54) is 77.4 Å². The summed E-state index contributed by atoms with van der Waals surface area (Å²) in [7, 11) is 0. The number of nitrogens with one attached hydrogen (secondary N) is 1. The molecular formula is C16H32N2. The molecule has 0 bridgehead atoms. The Labute approximate surface area is 114 Å². The molecule has 1 N–H and O–H groups in total. The van der Waals surface area contributed by atoms with Gasteiger partial charge >= 0.3 is 0 Å². The fourth-order valence-electron chi connectivity index (χ4n) is 3.92. The Morgan fingerprint density at radius 2 is 1.83 bits per heavy atom. The van der Waals surface area contributed by atoms with Crippen molar-refractivity contribution in [1.29, 1.82) is 0 Å². The third-order valence-corrected chi connectivity index (χ3v) is 4.91. The van der Waals surface area contributed by atoms with E-state index in [0.29, 0.717) is 0 Å². The zero-order valence-corrected chi connectivity index (χ0v) is 12.3. The van der Waals surface area contributed by atoms with Crippen molar-refractivity contribution in [2.75, 3.05) is 26.2 Å². The van der Waals surface area contributed by atoms with Gasteiger partial charge in [-0.05, 0) is 70.6 Å². The molecule has 1 aliphatic carbocycles. The summed E-state index contributed by atoms with van der Waals surface area (Å²) in [6.07, 6.45) is 13.1. The highest BCUT2D eigenvalue weighted by Gasteiger charge is 2.32. The number of nitrogens with zero attached hydrogens (tertiary/aromatic N) is 1. The molecule has 2 nitrogen and oxygen atoms in total. The molecule has 1 saturated carbocycles. The fourth-order valence-corrected chi connectivity index (χ4v) is 3.92. The first kappa shape index (κ1) is 14.3. The molecule has 2 fully saturated rings. The maximum atomic E-state index is 3.42. The van der Waals surface area contributed by atoms with E-state index in [0.717, 1.165) is 18.5 Å². The van der Waals surface area contributed by atoms with Gasteiger partial charge in [0.25, 0.3) is 0 Å². The molecule has 1 unspecified atom stereocenters. The van der Waals surface area contributed by atoms with Crippen molar-refractivity contribution in [3.05, 3.63) is 0 Å². The molecule has 106 valence electrons. The van der Waals surface area contributed by atoms with Crippen LogP contribution in [-0.4, -0.2) is 37.1 Å². The lowest BCUT2D eigenvalue weighted by Crippen LogP contribution is -2.35. The molecule has 1 aliphatic heterocycles. The van der Waals surface area contributed by atoms with E-state index in [1.54, 1.807) is 0 Å². The normalized spacial score (nSPS) is 26.2. The minimum absolute atomic E-state index is 0.960. The molecule has 0 aromatic carbocycles. The largest absolute Gasteiger partial charge is 0.317 e. The predicted molar refractivity (Wildman–Crippen MR) is 78.9 cm³/mol. The summed E-state index contributed by atoms with van der Waals surface area (Å²) < 4.78 is 0. The van der Waals surface area contributed by atoms with Gasteiger partial charge in [-0.3, -0.25) is 0 Å². The van der Waals surface area contributed by atoms with Crippen LogP contribution in [-0.2, 0) is 0 Å². The van der Waals surface area contributed by atoms with Crippen molar-refractivity contribution in [3.8, 4) is 0 Å². The first-order chi connectivity index (χ1) is 8.92. The Balaban J connectivity index is 1.59. The maximum absolute atomic E-state index is 3.42. The number of hydrogen-bond acceptors (Lipinski definition) is 2. The smallest absolute Gasteiger partial charge is 0.0124 e. The molecule has 0 aromatic rings. The Bertz CT molecular complexity index is 211. The second-order valence-corrected chi connectivity index (χ2v) is 6.20. The SMILES string of the molecule is CCNCCCCCN1CCCC1C1CCCC1. The minimum Gasteiger partial charge on any atom is -0.317 e. The standard InChI is InChI=1S/C16H32N2/c1-2-17-12-6-3-7-13-18-14-8-11-16(18)15-9-4-5-10-15/h15-17H,2-14H2,1H3. The molecule has 0 amide bonds. The molecule has 1 saturated heterocycles. The van der Waals surface area contributed by atoms with Crippen LogP contribution < -0.4 is 5.32 Å². The van der Waals surface area contributed by atoms with E-state index in [1.807, 2.05) is 0 Å². The second-order valence-electron chi connectivity index (χ2n) is 6.20. The van der Waals surface area contributed by atoms with Crippen molar-refractivity contribution in [2.24, 2.45) is 5.92 Å². The lowest BCUT2D eigenvalue weighted by molar-refractivity contribution is 0.187. The van der Waals surface area contributed by atoms with Crippen LogP contribution in [0.2, 0.25) is 0 Å². The van der Waals surface area contributed by atoms with E-state index >= 15 is 0 Å². The highest BCUT2D eigenvalue weighted by atomic mass is 15.2. The zero-order chi connectivity index (χ0) is 12.6. The van der Waals surface area contributed by atoms with Gasteiger partial charge in [0.05, 0.1) is 0 Å². The van der Waals surface area contributed by atoms with E-state index in [4.69, 9.17) is 0 Å². The number of rotatable bonds is 8. The first-order valence-electron chi connectivity index (χ1n) is 8.36. The van der Waals surface area contributed by atoms with Crippen molar-refractivity contribution in [3.63, 3.8) is 0 Å². The molecule has 0 spiro atoms. The van der Waals surface area contributed by atoms with Crippen molar-refractivity contribution >= 4 is 0 Å². The summed E-state index contributed by atoms with van der Waals surface area (Å²) in [5, 5.41) is 3.42. The molecule has 1 heterocycles. The minimum atomic E-state index is 0.960. The van der Waals surface area contributed by atoms with Gasteiger partial charge in [0.2, 0.25) is 0 Å². The van der Waals surface area contributed by atoms with Gasteiger partial charge in [-0.15, -0.1) is 0 Å². The number of likely N-dealkylation sites (tertiary alicyclic amines) is 1. The Hall–Kier alpha value is -0.0800. The van der Waals surface area contributed by atoms with E-state index in [-0.39, 0.29) is 0 Å². The average molecular weight is 252 g/mol. The third kappa shape index (κ3) is 4.24. The zero-order valence-electron chi connectivity index (χ0n) is 12.3. The Kier molecular flexibility index (Phi) is 6.50. The van der Waals surface area contributed by atoms with E-state index in [9.17, 15) is 0 Å². The van der Waals surface area contributed by atoms with Crippen LogP contribution >= 0.6 is 0 Å². The molecule has 2 rings (SSSR count). The maximum Gasteiger partial charge on any atom is 0.0124 e. The summed E-state index contributed by atoms with van der Waals surface area (Å²) in [5.41, 5.74) is 0. The van der Waals surface area contributed by atoms with Crippen LogP contribution in [0.15, 0.2) is 0 Å². The lowest BCUT2D eigenvalue weighted by Gasteiger charge is -2.29. The van der Waals surface area contributed by atoms with Crippen molar-refractivity contribution < 1.29 is 0 Å². The molecule has 18 heavy (non-hydrogen) atoms. The molecule has 2 heteroatoms. The quantitative estimate of drug-likeness (QED) is 0.666. The van der Waals surface area contributed by atoms with Crippen LogP contribution in [0.3, 0.4) is 0 Å². The highest BCUT2D eigenvalue weighted by Crippen LogP contribution is 2.35. The fraction of sp³-hybridized carbons (Fsp3) is 1.00. The molecule has 0 aromatic heterocycles. The van der Waals surface area contributed by atoms with E-state index in [2.05, 4.69) is 17.1 Å². The second kappa shape index (κ2) is 8.16. The van der Waals surface area contributed by atoms with Crippen LogP contribution in [0.5, 0.6) is 0 Å². The molecule has 1 atom stereocenters. The number of unbranched alkanes of at least 4 members (excludes halogenated alkanes) is 2. The van der Waals surface area contributed by atoms with Gasteiger partial charge in [-0.2, -0.15) is 0 Å². The van der Waals surface area contributed by atoms with Crippen LogP contribution in [0, 0.1) is 5.92 Å². The lowest BCUT2D eigenvalue weighted by atomic mass is 9.96. The predicted octanol–water partition coefficient (Wildman–Crippen LogP) is 3.42. The average Bonchev–Trinajstić information content (AvgIpc) is 3.03. The van der Waals surface area contributed by atoms with Gasteiger partial charge in [0, 0.05) is 6.04 Å². The monoisotopic (exact) mass is 252 g/mol. The first-order valence-corrected chi connectivity index (χ1v) is 8.36. The topological polar surface area (TPSA) is 15.3 Å². The van der Waals surface area contributed by atoms with E-state index < -0.39 is 0 Å². The number of hydrogen-bond donors (Lipinski definition) is 1. The van der Waals surface area contributed by atoms with Crippen molar-refractivity contribution in [1.82, 2.24) is 10.2 Å². The van der Waals surface area contributed by atoms with Crippen LogP contribution in [0.25, 0.3) is 0 Å². The van der Waals surface area contributed by atoms with Gasteiger partial charge < -0.3 is 10.2 Å². The third-order valence-electron chi connectivity index (χ3n) is 4.91. The van der Waals surface area contributed by atoms with Gasteiger partial charge in [0.15, 0.2) is 0 Å². The summed E-state index contributed by atoms with van der Waals surface area (Å²) in [5.74, 6) is 1.05. The van der Waals surface area contributed by atoms with Gasteiger partial charge in [-0.1, -0.05) is 26.2 Å². The van der Waals surface area contributed by atoms with Crippen molar-refractivity contribution in [2.45, 2.75) is 70.8 Å².